The molecule has 2 aromatic carbocycles. The number of rotatable bonds is 13. The van der Waals surface area contributed by atoms with E-state index in [0.717, 1.165) is 24.9 Å². The molecule has 156 valence electrons. The van der Waals surface area contributed by atoms with Gasteiger partial charge in [0.2, 0.25) is 5.91 Å². The van der Waals surface area contributed by atoms with Gasteiger partial charge < -0.3 is 10.2 Å². The zero-order valence-corrected chi connectivity index (χ0v) is 17.6. The lowest BCUT2D eigenvalue weighted by Crippen LogP contribution is -2.34. The number of amides is 2. The Kier molecular flexibility index (Phi) is 10.6. The average Bonchev–Trinajstić information content (AvgIpc) is 2.77. The van der Waals surface area contributed by atoms with Gasteiger partial charge in [-0.3, -0.25) is 9.59 Å². The van der Waals surface area contributed by atoms with E-state index in [1.54, 1.807) is 4.90 Å². The van der Waals surface area contributed by atoms with Crippen LogP contribution in [0.1, 0.15) is 68.6 Å². The Labute approximate surface area is 175 Å². The summed E-state index contributed by atoms with van der Waals surface area (Å²) in [6.45, 7) is 3.36. The first-order chi connectivity index (χ1) is 14.2. The Morgan fingerprint density at radius 3 is 2.10 bits per heavy atom. The van der Waals surface area contributed by atoms with Crippen LogP contribution in [0, 0.1) is 0 Å². The summed E-state index contributed by atoms with van der Waals surface area (Å²) < 4.78 is 0. The van der Waals surface area contributed by atoms with Crippen molar-refractivity contribution in [1.29, 1.82) is 0 Å². The maximum Gasteiger partial charge on any atom is 0.258 e. The van der Waals surface area contributed by atoms with Gasteiger partial charge in [-0.25, -0.2) is 0 Å². The summed E-state index contributed by atoms with van der Waals surface area (Å²) in [7, 11) is 0. The van der Waals surface area contributed by atoms with E-state index in [0.29, 0.717) is 25.1 Å². The highest BCUT2D eigenvalue weighted by molar-refractivity contribution is 6.06. The fraction of sp³-hybridized carbons (Fsp3) is 0.440. The number of carbonyl (C=O) groups is 2. The summed E-state index contributed by atoms with van der Waals surface area (Å²) in [6, 6.07) is 19.0. The summed E-state index contributed by atoms with van der Waals surface area (Å²) in [4.78, 5) is 26.8. The third-order valence-corrected chi connectivity index (χ3v) is 4.97. The number of unbranched alkanes of at least 4 members (excludes halogenated alkanes) is 5. The van der Waals surface area contributed by atoms with Gasteiger partial charge in [0.05, 0.1) is 0 Å². The number of para-hydroxylation sites is 1. The molecule has 0 aliphatic carbocycles. The van der Waals surface area contributed by atoms with Crippen LogP contribution in [0.25, 0.3) is 0 Å². The number of hydrogen-bond acceptors (Lipinski definition) is 2. The zero-order valence-electron chi connectivity index (χ0n) is 17.6. The number of hydrogen-bond donors (Lipinski definition) is 1. The molecule has 29 heavy (non-hydrogen) atoms. The normalized spacial score (nSPS) is 10.5. The maximum absolute atomic E-state index is 13.0. The molecule has 0 spiro atoms. The molecule has 4 heteroatoms. The van der Waals surface area contributed by atoms with E-state index in [4.69, 9.17) is 0 Å². The summed E-state index contributed by atoms with van der Waals surface area (Å²) in [5, 5.41) is 2.99. The van der Waals surface area contributed by atoms with Crippen LogP contribution in [-0.2, 0) is 4.79 Å². The highest BCUT2D eigenvalue weighted by atomic mass is 16.2. The topological polar surface area (TPSA) is 49.4 Å². The molecule has 0 radical (unpaired) electrons. The lowest BCUT2D eigenvalue weighted by molar-refractivity contribution is -0.121. The van der Waals surface area contributed by atoms with E-state index >= 15 is 0 Å². The molecule has 1 N–H and O–H groups in total. The molecule has 0 fully saturated rings. The summed E-state index contributed by atoms with van der Waals surface area (Å²) in [6.07, 6.45) is 8.41. The van der Waals surface area contributed by atoms with Gasteiger partial charge in [-0.05, 0) is 37.1 Å². The Hall–Kier alpha value is -2.62. The van der Waals surface area contributed by atoms with Crippen LogP contribution in [0.15, 0.2) is 60.7 Å². The monoisotopic (exact) mass is 394 g/mol. The molecule has 2 rings (SSSR count). The molecule has 2 aromatic rings. The van der Waals surface area contributed by atoms with E-state index in [1.807, 2.05) is 60.7 Å². The first kappa shape index (κ1) is 22.7. The van der Waals surface area contributed by atoms with Crippen LogP contribution < -0.4 is 10.2 Å². The molecule has 0 heterocycles. The minimum Gasteiger partial charge on any atom is -0.356 e. The van der Waals surface area contributed by atoms with E-state index in [1.165, 1.54) is 25.7 Å². The van der Waals surface area contributed by atoms with Gasteiger partial charge in [0.15, 0.2) is 0 Å². The fourth-order valence-electron chi connectivity index (χ4n) is 3.31. The van der Waals surface area contributed by atoms with Crippen molar-refractivity contribution < 1.29 is 9.59 Å². The first-order valence-corrected chi connectivity index (χ1v) is 10.9. The minimum absolute atomic E-state index is 0.0183. The van der Waals surface area contributed by atoms with E-state index in [-0.39, 0.29) is 11.8 Å². The third kappa shape index (κ3) is 8.51. The summed E-state index contributed by atoms with van der Waals surface area (Å²) >= 11 is 0. The Morgan fingerprint density at radius 1 is 0.793 bits per heavy atom. The van der Waals surface area contributed by atoms with Crippen LogP contribution in [-0.4, -0.2) is 24.9 Å². The van der Waals surface area contributed by atoms with Crippen LogP contribution >= 0.6 is 0 Å². The largest absolute Gasteiger partial charge is 0.356 e. The molecular formula is C25H34N2O2. The predicted molar refractivity (Wildman–Crippen MR) is 120 cm³/mol. The Balaban J connectivity index is 1.77. The highest BCUT2D eigenvalue weighted by Gasteiger charge is 2.17. The van der Waals surface area contributed by atoms with Crippen LogP contribution in [0.4, 0.5) is 5.69 Å². The second kappa shape index (κ2) is 13.5. The molecule has 0 aromatic heterocycles. The summed E-state index contributed by atoms with van der Waals surface area (Å²) in [5.74, 6) is 0.0938. The molecule has 0 aliphatic rings. The molecule has 0 bridgehead atoms. The fourth-order valence-corrected chi connectivity index (χ4v) is 3.31. The first-order valence-electron chi connectivity index (χ1n) is 10.9. The van der Waals surface area contributed by atoms with Gasteiger partial charge >= 0.3 is 0 Å². The third-order valence-electron chi connectivity index (χ3n) is 4.97. The number of anilines is 1. The Bertz CT molecular complexity index is 716. The van der Waals surface area contributed by atoms with Gasteiger partial charge in [0.25, 0.3) is 5.91 Å². The zero-order chi connectivity index (χ0) is 20.7. The van der Waals surface area contributed by atoms with Crippen molar-refractivity contribution in [2.24, 2.45) is 0 Å². The smallest absolute Gasteiger partial charge is 0.258 e. The van der Waals surface area contributed by atoms with Crippen molar-refractivity contribution in [2.45, 2.75) is 58.3 Å². The van der Waals surface area contributed by atoms with Crippen LogP contribution in [0.3, 0.4) is 0 Å². The SMILES string of the molecule is CCCCCCCCC(=O)NCCCN(C(=O)c1ccccc1)c1ccccc1. The lowest BCUT2D eigenvalue weighted by atomic mass is 10.1. The Morgan fingerprint density at radius 2 is 1.41 bits per heavy atom. The van der Waals surface area contributed by atoms with Crippen LogP contribution in [0.5, 0.6) is 0 Å². The van der Waals surface area contributed by atoms with Crippen molar-refractivity contribution >= 4 is 17.5 Å². The molecule has 0 saturated carbocycles. The van der Waals surface area contributed by atoms with Crippen molar-refractivity contribution in [3.8, 4) is 0 Å². The highest BCUT2D eigenvalue weighted by Crippen LogP contribution is 2.17. The minimum atomic E-state index is -0.0183. The van der Waals surface area contributed by atoms with Crippen molar-refractivity contribution in [2.75, 3.05) is 18.0 Å². The quantitative estimate of drug-likeness (QED) is 0.450. The molecule has 0 saturated heterocycles. The van der Waals surface area contributed by atoms with E-state index in [9.17, 15) is 9.59 Å². The number of carbonyl (C=O) groups excluding carboxylic acids is 2. The van der Waals surface area contributed by atoms with Crippen molar-refractivity contribution in [3.05, 3.63) is 66.2 Å². The number of nitrogens with one attached hydrogen (secondary N) is 1. The predicted octanol–water partition coefficient (Wildman–Crippen LogP) is 5.59. The van der Waals surface area contributed by atoms with Gasteiger partial charge in [-0.2, -0.15) is 0 Å². The summed E-state index contributed by atoms with van der Waals surface area (Å²) in [5.41, 5.74) is 1.54. The second-order valence-corrected chi connectivity index (χ2v) is 7.38. The number of nitrogens with zero attached hydrogens (tertiary/aromatic N) is 1. The van der Waals surface area contributed by atoms with Crippen molar-refractivity contribution in [1.82, 2.24) is 5.32 Å². The van der Waals surface area contributed by atoms with E-state index in [2.05, 4.69) is 12.2 Å². The standard InChI is InChI=1S/C25H34N2O2/c1-2-3-4-5-6-13-19-24(28)26-20-14-21-27(23-17-11-8-12-18-23)25(29)22-15-9-7-10-16-22/h7-12,15-18H,2-6,13-14,19-21H2,1H3,(H,26,28). The number of benzene rings is 2. The molecular weight excluding hydrogens is 360 g/mol. The van der Waals surface area contributed by atoms with Crippen LogP contribution in [0.2, 0.25) is 0 Å². The van der Waals surface area contributed by atoms with Gasteiger partial charge in [0.1, 0.15) is 0 Å². The molecule has 0 unspecified atom stereocenters. The van der Waals surface area contributed by atoms with Gasteiger partial charge in [-0.1, -0.05) is 75.4 Å². The maximum atomic E-state index is 13.0. The molecule has 0 atom stereocenters. The second-order valence-electron chi connectivity index (χ2n) is 7.38. The van der Waals surface area contributed by atoms with Crippen molar-refractivity contribution in [3.63, 3.8) is 0 Å². The average molecular weight is 395 g/mol. The van der Waals surface area contributed by atoms with Gasteiger partial charge in [-0.15, -0.1) is 0 Å². The molecule has 0 aliphatic heterocycles. The van der Waals surface area contributed by atoms with Gasteiger partial charge in [0, 0.05) is 30.8 Å². The lowest BCUT2D eigenvalue weighted by Gasteiger charge is -2.23. The van der Waals surface area contributed by atoms with E-state index < -0.39 is 0 Å². The molecule has 2 amide bonds. The molecule has 4 nitrogen and oxygen atoms in total.